The molecule has 0 fully saturated rings. The SMILES string of the molecule is CC(NC(=O)c1sccc1Cl)c1ccc(S(N)(=O)=O)cc1. The number of primary sulfonamides is 1. The van der Waals surface area contributed by atoms with E-state index in [1.54, 1.807) is 30.5 Å². The van der Waals surface area contributed by atoms with E-state index in [4.69, 9.17) is 16.7 Å². The Morgan fingerprint density at radius 3 is 2.38 bits per heavy atom. The van der Waals surface area contributed by atoms with Crippen LogP contribution in [0, 0.1) is 0 Å². The highest BCUT2D eigenvalue weighted by atomic mass is 35.5. The number of hydrogen-bond acceptors (Lipinski definition) is 4. The predicted molar refractivity (Wildman–Crippen MR) is 83.0 cm³/mol. The minimum atomic E-state index is -3.71. The average Bonchev–Trinajstić information content (AvgIpc) is 2.84. The van der Waals surface area contributed by atoms with Crippen LogP contribution in [0.5, 0.6) is 0 Å². The number of amides is 1. The summed E-state index contributed by atoms with van der Waals surface area (Å²) >= 11 is 7.16. The molecule has 21 heavy (non-hydrogen) atoms. The van der Waals surface area contributed by atoms with E-state index in [0.717, 1.165) is 5.56 Å². The second kappa shape index (κ2) is 6.15. The molecule has 112 valence electrons. The van der Waals surface area contributed by atoms with E-state index >= 15 is 0 Å². The lowest BCUT2D eigenvalue weighted by molar-refractivity contribution is 0.0944. The van der Waals surface area contributed by atoms with Gasteiger partial charge in [0, 0.05) is 0 Å². The number of carbonyl (C=O) groups is 1. The lowest BCUT2D eigenvalue weighted by atomic mass is 10.1. The van der Waals surface area contributed by atoms with Gasteiger partial charge in [0.25, 0.3) is 5.91 Å². The second-order valence-corrected chi connectivity index (χ2v) is 7.29. The molecule has 0 bridgehead atoms. The first kappa shape index (κ1) is 16.0. The van der Waals surface area contributed by atoms with Gasteiger partial charge in [0.05, 0.1) is 16.0 Å². The van der Waals surface area contributed by atoms with Crippen molar-refractivity contribution in [1.29, 1.82) is 0 Å². The highest BCUT2D eigenvalue weighted by Crippen LogP contribution is 2.23. The number of sulfonamides is 1. The van der Waals surface area contributed by atoms with E-state index in [-0.39, 0.29) is 16.8 Å². The number of thiophene rings is 1. The van der Waals surface area contributed by atoms with Crippen molar-refractivity contribution in [2.24, 2.45) is 5.14 Å². The first-order valence-corrected chi connectivity index (χ1v) is 8.76. The molecule has 1 aromatic carbocycles. The monoisotopic (exact) mass is 344 g/mol. The molecule has 0 aliphatic heterocycles. The lowest BCUT2D eigenvalue weighted by Gasteiger charge is -2.14. The zero-order valence-corrected chi connectivity index (χ0v) is 13.4. The number of halogens is 1. The number of carbonyl (C=O) groups excluding carboxylic acids is 1. The van der Waals surface area contributed by atoms with Crippen molar-refractivity contribution < 1.29 is 13.2 Å². The fourth-order valence-electron chi connectivity index (χ4n) is 1.75. The van der Waals surface area contributed by atoms with Crippen LogP contribution in [0.4, 0.5) is 0 Å². The standard InChI is InChI=1S/C13H13ClN2O3S2/c1-8(16-13(17)12-11(14)6-7-20-12)9-2-4-10(5-3-9)21(15,18)19/h2-8H,1H3,(H,16,17)(H2,15,18,19). The maximum atomic E-state index is 12.0. The molecule has 1 atom stereocenters. The summed E-state index contributed by atoms with van der Waals surface area (Å²) in [5, 5.41) is 9.99. The van der Waals surface area contributed by atoms with E-state index in [1.807, 2.05) is 0 Å². The van der Waals surface area contributed by atoms with Crippen LogP contribution in [-0.4, -0.2) is 14.3 Å². The van der Waals surface area contributed by atoms with Crippen molar-refractivity contribution >= 4 is 38.9 Å². The zero-order chi connectivity index (χ0) is 15.6. The predicted octanol–water partition coefficient (Wildman–Crippen LogP) is 2.54. The van der Waals surface area contributed by atoms with E-state index in [0.29, 0.717) is 9.90 Å². The third kappa shape index (κ3) is 3.82. The topological polar surface area (TPSA) is 89.3 Å². The Morgan fingerprint density at radius 1 is 1.29 bits per heavy atom. The Hall–Kier alpha value is -1.41. The number of hydrogen-bond donors (Lipinski definition) is 2. The Balaban J connectivity index is 2.12. The molecule has 0 aliphatic rings. The van der Waals surface area contributed by atoms with Gasteiger partial charge in [0.2, 0.25) is 10.0 Å². The summed E-state index contributed by atoms with van der Waals surface area (Å²) in [6, 6.07) is 7.41. The van der Waals surface area contributed by atoms with Gasteiger partial charge in [-0.25, -0.2) is 13.6 Å². The van der Waals surface area contributed by atoms with Gasteiger partial charge in [0.1, 0.15) is 4.88 Å². The van der Waals surface area contributed by atoms with Crippen LogP contribution in [0.25, 0.3) is 0 Å². The van der Waals surface area contributed by atoms with E-state index in [2.05, 4.69) is 5.32 Å². The van der Waals surface area contributed by atoms with Crippen molar-refractivity contribution in [3.63, 3.8) is 0 Å². The fourth-order valence-corrected chi connectivity index (χ4v) is 3.31. The van der Waals surface area contributed by atoms with Crippen LogP contribution in [-0.2, 0) is 10.0 Å². The molecular weight excluding hydrogens is 332 g/mol. The van der Waals surface area contributed by atoms with Gasteiger partial charge in [-0.15, -0.1) is 11.3 Å². The third-order valence-corrected chi connectivity index (χ3v) is 5.15. The summed E-state index contributed by atoms with van der Waals surface area (Å²) in [5.41, 5.74) is 0.767. The van der Waals surface area contributed by atoms with Crippen LogP contribution in [0.15, 0.2) is 40.6 Å². The van der Waals surface area contributed by atoms with Crippen molar-refractivity contribution in [3.8, 4) is 0 Å². The van der Waals surface area contributed by atoms with Gasteiger partial charge in [-0.2, -0.15) is 0 Å². The normalized spacial score (nSPS) is 12.9. The summed E-state index contributed by atoms with van der Waals surface area (Å²) in [6.45, 7) is 1.80. The largest absolute Gasteiger partial charge is 0.345 e. The van der Waals surface area contributed by atoms with Gasteiger partial charge >= 0.3 is 0 Å². The average molecular weight is 345 g/mol. The first-order chi connectivity index (χ1) is 9.79. The highest BCUT2D eigenvalue weighted by molar-refractivity contribution is 7.89. The molecule has 8 heteroatoms. The van der Waals surface area contributed by atoms with Crippen molar-refractivity contribution in [2.45, 2.75) is 17.9 Å². The van der Waals surface area contributed by atoms with Gasteiger partial charge in [-0.1, -0.05) is 23.7 Å². The van der Waals surface area contributed by atoms with Crippen molar-refractivity contribution in [3.05, 3.63) is 51.2 Å². The van der Waals surface area contributed by atoms with Gasteiger partial charge in [-0.3, -0.25) is 4.79 Å². The van der Waals surface area contributed by atoms with Gasteiger partial charge in [0.15, 0.2) is 0 Å². The molecule has 0 aliphatic carbocycles. The van der Waals surface area contributed by atoms with Crippen LogP contribution in [0.1, 0.15) is 28.2 Å². The molecule has 1 unspecified atom stereocenters. The molecular formula is C13H13ClN2O3S2. The van der Waals surface area contributed by atoms with E-state index < -0.39 is 10.0 Å². The lowest BCUT2D eigenvalue weighted by Crippen LogP contribution is -2.26. The molecule has 1 heterocycles. The minimum Gasteiger partial charge on any atom is -0.345 e. The molecule has 2 rings (SSSR count). The molecule has 2 aromatic rings. The molecule has 5 nitrogen and oxygen atoms in total. The number of nitrogens with one attached hydrogen (secondary N) is 1. The van der Waals surface area contributed by atoms with Crippen LogP contribution in [0.2, 0.25) is 5.02 Å². The van der Waals surface area contributed by atoms with Crippen molar-refractivity contribution in [1.82, 2.24) is 5.32 Å². The Bertz CT molecular complexity index is 754. The fraction of sp³-hybridized carbons (Fsp3) is 0.154. The molecule has 3 N–H and O–H groups in total. The molecule has 1 amide bonds. The summed E-state index contributed by atoms with van der Waals surface area (Å²) in [6.07, 6.45) is 0. The van der Waals surface area contributed by atoms with Gasteiger partial charge in [-0.05, 0) is 36.1 Å². The molecule has 0 saturated heterocycles. The van der Waals surface area contributed by atoms with E-state index in [9.17, 15) is 13.2 Å². The summed E-state index contributed by atoms with van der Waals surface area (Å²) in [4.78, 5) is 12.5. The van der Waals surface area contributed by atoms with E-state index in [1.165, 1.54) is 23.5 Å². The number of benzene rings is 1. The van der Waals surface area contributed by atoms with Crippen LogP contribution >= 0.6 is 22.9 Å². The molecule has 0 saturated carbocycles. The molecule has 0 radical (unpaired) electrons. The Kier molecular flexibility index (Phi) is 4.67. The molecule has 0 spiro atoms. The highest BCUT2D eigenvalue weighted by Gasteiger charge is 2.16. The zero-order valence-electron chi connectivity index (χ0n) is 11.0. The Morgan fingerprint density at radius 2 is 1.90 bits per heavy atom. The quantitative estimate of drug-likeness (QED) is 0.893. The third-order valence-electron chi connectivity index (χ3n) is 2.88. The van der Waals surface area contributed by atoms with Crippen molar-refractivity contribution in [2.75, 3.05) is 0 Å². The van der Waals surface area contributed by atoms with Crippen LogP contribution in [0.3, 0.4) is 0 Å². The summed E-state index contributed by atoms with van der Waals surface area (Å²) in [5.74, 6) is -0.266. The second-order valence-electron chi connectivity index (χ2n) is 4.41. The summed E-state index contributed by atoms with van der Waals surface area (Å²) in [7, 11) is -3.71. The molecule has 1 aromatic heterocycles. The maximum Gasteiger partial charge on any atom is 0.263 e. The minimum absolute atomic E-state index is 0.0334. The first-order valence-electron chi connectivity index (χ1n) is 5.95. The number of nitrogens with two attached hydrogens (primary N) is 1. The Labute approximate surface area is 131 Å². The number of rotatable bonds is 4. The van der Waals surface area contributed by atoms with Gasteiger partial charge < -0.3 is 5.32 Å². The summed E-state index contributed by atoms with van der Waals surface area (Å²) < 4.78 is 22.4. The van der Waals surface area contributed by atoms with Crippen LogP contribution < -0.4 is 10.5 Å². The smallest absolute Gasteiger partial charge is 0.263 e. The maximum absolute atomic E-state index is 12.0.